The molecular weight excluding hydrogens is 218 g/mol. The number of hydrogen-bond donors (Lipinski definition) is 3. The summed E-state index contributed by atoms with van der Waals surface area (Å²) in [5, 5.41) is 18.1. The normalized spacial score (nSPS) is 14.9. The van der Waals surface area contributed by atoms with Gasteiger partial charge in [-0.15, -0.1) is 0 Å². The van der Waals surface area contributed by atoms with E-state index in [0.29, 0.717) is 13.1 Å². The highest BCUT2D eigenvalue weighted by Crippen LogP contribution is 2.22. The lowest BCUT2D eigenvalue weighted by atomic mass is 10.0. The van der Waals surface area contributed by atoms with Crippen LogP contribution in [-0.4, -0.2) is 52.4 Å². The third-order valence-electron chi connectivity index (χ3n) is 2.69. The Kier molecular flexibility index (Phi) is 6.07. The van der Waals surface area contributed by atoms with Crippen LogP contribution in [0, 0.1) is 0 Å². The maximum absolute atomic E-state index is 9.06. The molecule has 4 N–H and O–H groups in total. The van der Waals surface area contributed by atoms with E-state index in [1.165, 1.54) is 0 Å². The molecular formula is C12H21N3O2. The van der Waals surface area contributed by atoms with Crippen LogP contribution in [0.2, 0.25) is 0 Å². The van der Waals surface area contributed by atoms with Gasteiger partial charge < -0.3 is 15.9 Å². The fraction of sp³-hybridized carbons (Fsp3) is 0.583. The molecule has 1 aromatic rings. The zero-order valence-electron chi connectivity index (χ0n) is 10.2. The van der Waals surface area contributed by atoms with Crippen LogP contribution >= 0.6 is 0 Å². The molecule has 0 bridgehead atoms. The van der Waals surface area contributed by atoms with Crippen molar-refractivity contribution in [2.24, 2.45) is 5.73 Å². The zero-order chi connectivity index (χ0) is 12.7. The molecule has 0 saturated carbocycles. The molecule has 0 aliphatic carbocycles. The van der Waals surface area contributed by atoms with E-state index in [2.05, 4.69) is 4.98 Å². The smallest absolute Gasteiger partial charge is 0.0558 e. The second-order valence-electron chi connectivity index (χ2n) is 4.07. The Hall–Kier alpha value is -1.01. The lowest BCUT2D eigenvalue weighted by Crippen LogP contribution is -2.42. The number of nitrogens with zero attached hydrogens (tertiary/aromatic N) is 2. The highest BCUT2D eigenvalue weighted by atomic mass is 16.3. The molecule has 5 nitrogen and oxygen atoms in total. The Morgan fingerprint density at radius 2 is 2.00 bits per heavy atom. The third kappa shape index (κ3) is 4.05. The summed E-state index contributed by atoms with van der Waals surface area (Å²) in [5.74, 6) is 0. The lowest BCUT2D eigenvalue weighted by Gasteiger charge is -2.33. The summed E-state index contributed by atoms with van der Waals surface area (Å²) in [7, 11) is 0. The Balaban J connectivity index is 2.90. The molecule has 2 unspecified atom stereocenters. The molecule has 0 radical (unpaired) electrons. The Bertz CT molecular complexity index is 300. The van der Waals surface area contributed by atoms with Gasteiger partial charge in [-0.05, 0) is 18.6 Å². The van der Waals surface area contributed by atoms with Crippen molar-refractivity contribution in [3.63, 3.8) is 0 Å². The fourth-order valence-corrected chi connectivity index (χ4v) is 2.04. The van der Waals surface area contributed by atoms with Gasteiger partial charge in [0.05, 0.1) is 19.3 Å². The monoisotopic (exact) mass is 239 g/mol. The van der Waals surface area contributed by atoms with Crippen LogP contribution in [0.25, 0.3) is 0 Å². The molecule has 0 amide bonds. The van der Waals surface area contributed by atoms with Gasteiger partial charge in [-0.1, -0.05) is 6.07 Å². The number of rotatable bonds is 7. The van der Waals surface area contributed by atoms with Crippen LogP contribution in [0.3, 0.4) is 0 Å². The van der Waals surface area contributed by atoms with Gasteiger partial charge in [0.2, 0.25) is 0 Å². The van der Waals surface area contributed by atoms with Gasteiger partial charge in [-0.25, -0.2) is 0 Å². The van der Waals surface area contributed by atoms with E-state index in [-0.39, 0.29) is 25.3 Å². The topological polar surface area (TPSA) is 82.6 Å². The second kappa shape index (κ2) is 7.34. The molecule has 1 heterocycles. The Labute approximate surface area is 102 Å². The minimum absolute atomic E-state index is 0.0389. The van der Waals surface area contributed by atoms with Gasteiger partial charge in [-0.3, -0.25) is 9.88 Å². The van der Waals surface area contributed by atoms with Crippen LogP contribution < -0.4 is 5.73 Å². The van der Waals surface area contributed by atoms with Crippen molar-refractivity contribution in [1.82, 2.24) is 9.88 Å². The molecule has 2 atom stereocenters. The molecule has 5 heteroatoms. The van der Waals surface area contributed by atoms with E-state index in [1.807, 2.05) is 24.0 Å². The molecule has 0 saturated heterocycles. The molecule has 1 aromatic heterocycles. The number of aliphatic hydroxyl groups excluding tert-OH is 2. The maximum Gasteiger partial charge on any atom is 0.0558 e. The SMILES string of the molecule is CC(N)C(c1cccnc1)N(CCO)CCO. The van der Waals surface area contributed by atoms with Crippen molar-refractivity contribution in [3.05, 3.63) is 30.1 Å². The number of aromatic nitrogens is 1. The van der Waals surface area contributed by atoms with E-state index in [9.17, 15) is 0 Å². The van der Waals surface area contributed by atoms with Crippen LogP contribution in [0.4, 0.5) is 0 Å². The standard InChI is InChI=1S/C12H21N3O2/c1-10(13)12(11-3-2-4-14-9-11)15(5-7-16)6-8-17/h2-4,9-10,12,16-17H,5-8,13H2,1H3. The van der Waals surface area contributed by atoms with E-state index >= 15 is 0 Å². The summed E-state index contributed by atoms with van der Waals surface area (Å²) < 4.78 is 0. The van der Waals surface area contributed by atoms with E-state index < -0.39 is 0 Å². The summed E-state index contributed by atoms with van der Waals surface area (Å²) in [4.78, 5) is 6.06. The molecule has 0 aliphatic rings. The van der Waals surface area contributed by atoms with E-state index in [1.54, 1.807) is 12.4 Å². The maximum atomic E-state index is 9.06. The minimum atomic E-state index is -0.0997. The quantitative estimate of drug-likeness (QED) is 0.611. The molecule has 96 valence electrons. The summed E-state index contributed by atoms with van der Waals surface area (Å²) in [6.45, 7) is 2.98. The predicted molar refractivity (Wildman–Crippen MR) is 66.4 cm³/mol. The molecule has 0 fully saturated rings. The minimum Gasteiger partial charge on any atom is -0.395 e. The summed E-state index contributed by atoms with van der Waals surface area (Å²) in [6, 6.07) is 3.68. The van der Waals surface area contributed by atoms with Gasteiger partial charge in [-0.2, -0.15) is 0 Å². The van der Waals surface area contributed by atoms with Crippen molar-refractivity contribution in [1.29, 1.82) is 0 Å². The highest BCUT2D eigenvalue weighted by molar-refractivity contribution is 5.16. The van der Waals surface area contributed by atoms with Crippen molar-refractivity contribution in [2.45, 2.75) is 19.0 Å². The first kappa shape index (κ1) is 14.1. The van der Waals surface area contributed by atoms with Crippen LogP contribution in [-0.2, 0) is 0 Å². The molecule has 17 heavy (non-hydrogen) atoms. The van der Waals surface area contributed by atoms with Gasteiger partial charge in [0, 0.05) is 31.5 Å². The van der Waals surface area contributed by atoms with E-state index in [0.717, 1.165) is 5.56 Å². The van der Waals surface area contributed by atoms with E-state index in [4.69, 9.17) is 15.9 Å². The third-order valence-corrected chi connectivity index (χ3v) is 2.69. The first-order chi connectivity index (χ1) is 8.20. The summed E-state index contributed by atoms with van der Waals surface area (Å²) in [5.41, 5.74) is 7.00. The van der Waals surface area contributed by atoms with Crippen LogP contribution in [0.5, 0.6) is 0 Å². The summed E-state index contributed by atoms with van der Waals surface area (Å²) in [6.07, 6.45) is 3.49. The first-order valence-corrected chi connectivity index (χ1v) is 5.82. The molecule has 0 aromatic carbocycles. The van der Waals surface area contributed by atoms with Crippen molar-refractivity contribution >= 4 is 0 Å². The largest absolute Gasteiger partial charge is 0.395 e. The van der Waals surface area contributed by atoms with Crippen molar-refractivity contribution in [3.8, 4) is 0 Å². The van der Waals surface area contributed by atoms with Gasteiger partial charge in [0.25, 0.3) is 0 Å². The lowest BCUT2D eigenvalue weighted by molar-refractivity contribution is 0.111. The zero-order valence-corrected chi connectivity index (χ0v) is 10.2. The fourth-order valence-electron chi connectivity index (χ4n) is 2.04. The van der Waals surface area contributed by atoms with Crippen LogP contribution in [0.1, 0.15) is 18.5 Å². The Morgan fingerprint density at radius 1 is 1.35 bits per heavy atom. The molecule has 0 aliphatic heterocycles. The van der Waals surface area contributed by atoms with Crippen molar-refractivity contribution < 1.29 is 10.2 Å². The first-order valence-electron chi connectivity index (χ1n) is 5.82. The highest BCUT2D eigenvalue weighted by Gasteiger charge is 2.23. The van der Waals surface area contributed by atoms with Crippen LogP contribution in [0.15, 0.2) is 24.5 Å². The number of aliphatic hydroxyl groups is 2. The average molecular weight is 239 g/mol. The number of nitrogens with two attached hydrogens (primary N) is 1. The Morgan fingerprint density at radius 3 is 2.41 bits per heavy atom. The second-order valence-corrected chi connectivity index (χ2v) is 4.07. The molecule has 0 spiro atoms. The average Bonchev–Trinajstić information content (AvgIpc) is 2.31. The number of hydrogen-bond acceptors (Lipinski definition) is 5. The van der Waals surface area contributed by atoms with Crippen molar-refractivity contribution in [2.75, 3.05) is 26.3 Å². The predicted octanol–water partition coefficient (Wildman–Crippen LogP) is -0.243. The number of pyridine rings is 1. The van der Waals surface area contributed by atoms with Gasteiger partial charge >= 0.3 is 0 Å². The summed E-state index contributed by atoms with van der Waals surface area (Å²) >= 11 is 0. The van der Waals surface area contributed by atoms with Gasteiger partial charge in [0.15, 0.2) is 0 Å². The molecule has 1 rings (SSSR count). The van der Waals surface area contributed by atoms with Gasteiger partial charge in [0.1, 0.15) is 0 Å².